The molecule has 2 aromatic rings. The molecule has 4 amide bonds. The fourth-order valence-electron chi connectivity index (χ4n) is 4.68. The van der Waals surface area contributed by atoms with Crippen LogP contribution in [0.1, 0.15) is 18.9 Å². The van der Waals surface area contributed by atoms with Crippen LogP contribution in [0.25, 0.3) is 0 Å². The van der Waals surface area contributed by atoms with Gasteiger partial charge in [0.2, 0.25) is 15.9 Å². The van der Waals surface area contributed by atoms with Gasteiger partial charge in [-0.1, -0.05) is 17.7 Å². The van der Waals surface area contributed by atoms with Gasteiger partial charge in [0.15, 0.2) is 11.5 Å². The lowest BCUT2D eigenvalue weighted by molar-refractivity contribution is -0.139. The summed E-state index contributed by atoms with van der Waals surface area (Å²) in [6, 6.07) is 10.3. The summed E-state index contributed by atoms with van der Waals surface area (Å²) in [5.74, 6) is 0.0503. The Balaban J connectivity index is 1.23. The van der Waals surface area contributed by atoms with Crippen LogP contribution >= 0.6 is 11.6 Å². The molecule has 2 saturated heterocycles. The Hall–Kier alpha value is -3.35. The number of benzene rings is 2. The van der Waals surface area contributed by atoms with Crippen molar-refractivity contribution in [2.75, 3.05) is 45.9 Å². The molecule has 0 aromatic heterocycles. The first-order chi connectivity index (χ1) is 18.1. The molecule has 11 nitrogen and oxygen atoms in total. The Morgan fingerprint density at radius 1 is 1.00 bits per heavy atom. The van der Waals surface area contributed by atoms with Gasteiger partial charge in [0.25, 0.3) is 5.91 Å². The molecule has 3 aliphatic rings. The van der Waals surface area contributed by atoms with Gasteiger partial charge >= 0.3 is 6.03 Å². The normalized spacial score (nSPS) is 22.3. The van der Waals surface area contributed by atoms with Crippen molar-refractivity contribution in [3.63, 3.8) is 0 Å². The minimum Gasteiger partial charge on any atom is -0.490 e. The number of hydrogen-bond donors (Lipinski definition) is 1. The Kier molecular flexibility index (Phi) is 6.97. The van der Waals surface area contributed by atoms with Crippen molar-refractivity contribution >= 4 is 39.5 Å². The van der Waals surface area contributed by atoms with E-state index in [0.717, 1.165) is 11.3 Å². The molecule has 13 heteroatoms. The SMILES string of the molecule is CC1(c2ccc3c(c2)OCCCO3)NC(=O)N(CC(=O)N2CCN(S(=O)(=O)c3ccc(Cl)cc3)CC2)C1=O. The van der Waals surface area contributed by atoms with Gasteiger partial charge < -0.3 is 19.7 Å². The zero-order valence-electron chi connectivity index (χ0n) is 20.7. The van der Waals surface area contributed by atoms with Crippen molar-refractivity contribution in [3.8, 4) is 11.5 Å². The van der Waals surface area contributed by atoms with Crippen LogP contribution in [-0.2, 0) is 25.2 Å². The molecule has 3 aliphatic heterocycles. The lowest BCUT2D eigenvalue weighted by atomic mass is 9.91. The summed E-state index contributed by atoms with van der Waals surface area (Å²) in [5, 5.41) is 3.13. The molecule has 0 saturated carbocycles. The van der Waals surface area contributed by atoms with E-state index in [1.54, 1.807) is 25.1 Å². The first-order valence-corrected chi connectivity index (χ1v) is 14.0. The summed E-state index contributed by atoms with van der Waals surface area (Å²) in [6.45, 7) is 2.58. The fourth-order valence-corrected chi connectivity index (χ4v) is 6.23. The maximum atomic E-state index is 13.4. The third-order valence-corrected chi connectivity index (χ3v) is 9.10. The summed E-state index contributed by atoms with van der Waals surface area (Å²) < 4.78 is 38.5. The van der Waals surface area contributed by atoms with Gasteiger partial charge in [-0.05, 0) is 48.9 Å². The van der Waals surface area contributed by atoms with Crippen molar-refractivity contribution in [1.29, 1.82) is 0 Å². The zero-order valence-corrected chi connectivity index (χ0v) is 22.3. The van der Waals surface area contributed by atoms with Crippen LogP contribution in [0.5, 0.6) is 11.5 Å². The Morgan fingerprint density at radius 2 is 1.66 bits per heavy atom. The second-order valence-electron chi connectivity index (χ2n) is 9.40. The average molecular weight is 563 g/mol. The standard InChI is InChI=1S/C25H27ClN4O7S/c1-25(17-3-8-20-21(15-17)37-14-2-13-36-20)23(32)30(24(33)27-25)16-22(31)28-9-11-29(12-10-28)38(34,35)19-6-4-18(26)5-7-19/h3-8,15H,2,9-14,16H2,1H3,(H,27,33). The number of sulfonamides is 1. The van der Waals surface area contributed by atoms with Crippen molar-refractivity contribution in [2.24, 2.45) is 0 Å². The van der Waals surface area contributed by atoms with Crippen LogP contribution in [0.4, 0.5) is 4.79 Å². The number of nitrogens with one attached hydrogen (secondary N) is 1. The van der Waals surface area contributed by atoms with Gasteiger partial charge in [0, 0.05) is 37.6 Å². The minimum atomic E-state index is -3.73. The zero-order chi connectivity index (χ0) is 27.1. The van der Waals surface area contributed by atoms with Gasteiger partial charge in [-0.2, -0.15) is 4.31 Å². The molecular formula is C25H27ClN4O7S. The number of carbonyl (C=O) groups excluding carboxylic acids is 3. The molecule has 2 aromatic carbocycles. The van der Waals surface area contributed by atoms with E-state index >= 15 is 0 Å². The number of nitrogens with zero attached hydrogens (tertiary/aromatic N) is 3. The molecule has 5 rings (SSSR count). The second kappa shape index (κ2) is 10.1. The molecule has 3 heterocycles. The van der Waals surface area contributed by atoms with Crippen molar-refractivity contribution in [3.05, 3.63) is 53.1 Å². The van der Waals surface area contributed by atoms with E-state index in [9.17, 15) is 22.8 Å². The highest BCUT2D eigenvalue weighted by Crippen LogP contribution is 2.36. The molecule has 1 unspecified atom stereocenters. The van der Waals surface area contributed by atoms with Crippen molar-refractivity contribution in [1.82, 2.24) is 19.4 Å². The maximum absolute atomic E-state index is 13.4. The van der Waals surface area contributed by atoms with E-state index in [2.05, 4.69) is 5.32 Å². The van der Waals surface area contributed by atoms with Crippen LogP contribution in [0.3, 0.4) is 0 Å². The maximum Gasteiger partial charge on any atom is 0.325 e. The topological polar surface area (TPSA) is 126 Å². The molecule has 2 fully saturated rings. The van der Waals surface area contributed by atoms with Crippen LogP contribution < -0.4 is 14.8 Å². The number of ether oxygens (including phenoxy) is 2. The predicted molar refractivity (Wildman–Crippen MR) is 136 cm³/mol. The summed E-state index contributed by atoms with van der Waals surface area (Å²) in [4.78, 5) is 41.6. The lowest BCUT2D eigenvalue weighted by Gasteiger charge is -2.34. The number of urea groups is 1. The highest BCUT2D eigenvalue weighted by Gasteiger charge is 2.50. The summed E-state index contributed by atoms with van der Waals surface area (Å²) in [5.41, 5.74) is -0.871. The highest BCUT2D eigenvalue weighted by atomic mass is 35.5. The predicted octanol–water partition coefficient (Wildman–Crippen LogP) is 1.80. The lowest BCUT2D eigenvalue weighted by Crippen LogP contribution is -2.53. The van der Waals surface area contributed by atoms with Crippen LogP contribution in [0.2, 0.25) is 5.02 Å². The summed E-state index contributed by atoms with van der Waals surface area (Å²) in [6.07, 6.45) is 0.730. The first kappa shape index (κ1) is 26.3. The Morgan fingerprint density at radius 3 is 2.34 bits per heavy atom. The van der Waals surface area contributed by atoms with Gasteiger partial charge in [-0.3, -0.25) is 14.5 Å². The number of piperazine rings is 1. The number of hydrogen-bond acceptors (Lipinski definition) is 7. The fraction of sp³-hybridized carbons (Fsp3) is 0.400. The number of halogens is 1. The van der Waals surface area contributed by atoms with E-state index < -0.39 is 40.0 Å². The number of amides is 4. The quantitative estimate of drug-likeness (QED) is 0.551. The van der Waals surface area contributed by atoms with Gasteiger partial charge in [0.1, 0.15) is 12.1 Å². The third kappa shape index (κ3) is 4.79. The highest BCUT2D eigenvalue weighted by molar-refractivity contribution is 7.89. The molecule has 0 radical (unpaired) electrons. The average Bonchev–Trinajstić information content (AvgIpc) is 3.06. The third-order valence-electron chi connectivity index (χ3n) is 6.94. The van der Waals surface area contributed by atoms with Crippen LogP contribution in [0.15, 0.2) is 47.4 Å². The monoisotopic (exact) mass is 562 g/mol. The van der Waals surface area contributed by atoms with Crippen LogP contribution in [-0.4, -0.2) is 86.3 Å². The van der Waals surface area contributed by atoms with E-state index in [0.29, 0.717) is 35.3 Å². The van der Waals surface area contributed by atoms with Gasteiger partial charge in [-0.15, -0.1) is 0 Å². The van der Waals surface area contributed by atoms with Crippen molar-refractivity contribution < 1.29 is 32.3 Å². The number of fused-ring (bicyclic) bond motifs is 1. The Labute approximate surface area is 225 Å². The number of carbonyl (C=O) groups is 3. The van der Waals surface area contributed by atoms with Crippen molar-refractivity contribution in [2.45, 2.75) is 23.8 Å². The molecule has 38 heavy (non-hydrogen) atoms. The molecule has 0 aliphatic carbocycles. The van der Waals surface area contributed by atoms with E-state index in [-0.39, 0.29) is 31.1 Å². The number of rotatable bonds is 5. The Bertz CT molecular complexity index is 1380. The van der Waals surface area contributed by atoms with E-state index in [4.69, 9.17) is 21.1 Å². The molecule has 1 atom stereocenters. The molecule has 1 N–H and O–H groups in total. The molecular weight excluding hydrogens is 536 g/mol. The molecule has 0 bridgehead atoms. The largest absolute Gasteiger partial charge is 0.490 e. The summed E-state index contributed by atoms with van der Waals surface area (Å²) >= 11 is 5.86. The number of imide groups is 1. The molecule has 0 spiro atoms. The second-order valence-corrected chi connectivity index (χ2v) is 11.8. The van der Waals surface area contributed by atoms with Crippen LogP contribution in [0, 0.1) is 0 Å². The first-order valence-electron chi connectivity index (χ1n) is 12.2. The smallest absolute Gasteiger partial charge is 0.325 e. The van der Waals surface area contributed by atoms with E-state index in [1.165, 1.54) is 33.5 Å². The molecule has 202 valence electrons. The minimum absolute atomic E-state index is 0.0890. The summed E-state index contributed by atoms with van der Waals surface area (Å²) in [7, 11) is -3.73. The van der Waals surface area contributed by atoms with E-state index in [1.807, 2.05) is 0 Å². The van der Waals surface area contributed by atoms with Gasteiger partial charge in [-0.25, -0.2) is 13.2 Å². The van der Waals surface area contributed by atoms with Gasteiger partial charge in [0.05, 0.1) is 18.1 Å².